The van der Waals surface area contributed by atoms with Crippen molar-refractivity contribution in [3.63, 3.8) is 0 Å². The lowest BCUT2D eigenvalue weighted by Gasteiger charge is -2.21. The van der Waals surface area contributed by atoms with Crippen LogP contribution < -0.4 is 10.6 Å². The number of nitrogens with one attached hydrogen (secondary N) is 2. The fraction of sp³-hybridized carbons (Fsp3) is 0.619. The van der Waals surface area contributed by atoms with Crippen molar-refractivity contribution in [1.29, 1.82) is 0 Å². The van der Waals surface area contributed by atoms with Crippen LogP contribution in [-0.2, 0) is 6.54 Å². The van der Waals surface area contributed by atoms with E-state index in [0.29, 0.717) is 6.04 Å². The van der Waals surface area contributed by atoms with Crippen LogP contribution in [0.2, 0.25) is 0 Å². The van der Waals surface area contributed by atoms with Crippen LogP contribution in [0.4, 0.5) is 0 Å². The van der Waals surface area contributed by atoms with Gasteiger partial charge in [0.05, 0.1) is 11.0 Å². The molecule has 0 saturated heterocycles. The summed E-state index contributed by atoms with van der Waals surface area (Å²) in [7, 11) is 1.83. The monoisotopic (exact) mass is 500 g/mol. The molecule has 1 heterocycles. The first-order valence-electron chi connectivity index (χ1n) is 10.2. The third kappa shape index (κ3) is 7.24. The largest absolute Gasteiger partial charge is 0.355 e. The van der Waals surface area contributed by atoms with Gasteiger partial charge in [0.25, 0.3) is 0 Å². The molecule has 0 aliphatic carbocycles. The summed E-state index contributed by atoms with van der Waals surface area (Å²) in [6.07, 6.45) is 2.34. The summed E-state index contributed by atoms with van der Waals surface area (Å²) in [5.41, 5.74) is 2.24. The van der Waals surface area contributed by atoms with E-state index in [2.05, 4.69) is 76.0 Å². The summed E-state index contributed by atoms with van der Waals surface area (Å²) in [6, 6.07) is 8.69. The molecule has 7 heteroatoms. The Hall–Kier alpha value is -1.35. The van der Waals surface area contributed by atoms with Crippen LogP contribution in [0.5, 0.6) is 0 Å². The maximum Gasteiger partial charge on any atom is 0.191 e. The minimum atomic E-state index is 0. The van der Waals surface area contributed by atoms with Gasteiger partial charge in [-0.2, -0.15) is 0 Å². The predicted molar refractivity (Wildman–Crippen MR) is 131 cm³/mol. The van der Waals surface area contributed by atoms with Gasteiger partial charge in [-0.05, 0) is 58.5 Å². The van der Waals surface area contributed by atoms with Gasteiger partial charge in [-0.25, -0.2) is 4.98 Å². The highest BCUT2D eigenvalue weighted by Crippen LogP contribution is 2.14. The second-order valence-corrected chi connectivity index (χ2v) is 7.01. The van der Waals surface area contributed by atoms with E-state index in [1.54, 1.807) is 0 Å². The van der Waals surface area contributed by atoms with Gasteiger partial charge in [-0.3, -0.25) is 4.99 Å². The molecule has 0 spiro atoms. The molecule has 6 nitrogen and oxygen atoms in total. The third-order valence-corrected chi connectivity index (χ3v) is 5.09. The first-order chi connectivity index (χ1) is 13.1. The molecule has 0 fully saturated rings. The molecule has 2 rings (SSSR count). The number of rotatable bonds is 10. The first kappa shape index (κ1) is 24.7. The minimum Gasteiger partial charge on any atom is -0.355 e. The maximum atomic E-state index is 4.63. The number of imidazole rings is 1. The molecule has 2 aromatic rings. The topological polar surface area (TPSA) is 57.5 Å². The number of guanidine groups is 1. The van der Waals surface area contributed by atoms with Gasteiger partial charge in [-0.15, -0.1) is 24.0 Å². The Balaban J connectivity index is 0.00000392. The van der Waals surface area contributed by atoms with Crippen molar-refractivity contribution in [1.82, 2.24) is 25.1 Å². The fourth-order valence-electron chi connectivity index (χ4n) is 3.43. The Morgan fingerprint density at radius 2 is 1.96 bits per heavy atom. The molecule has 1 unspecified atom stereocenters. The zero-order chi connectivity index (χ0) is 19.6. The van der Waals surface area contributed by atoms with E-state index < -0.39 is 0 Å². The molecule has 1 atom stereocenters. The first-order valence-corrected chi connectivity index (χ1v) is 10.2. The van der Waals surface area contributed by atoms with E-state index in [4.69, 9.17) is 0 Å². The van der Waals surface area contributed by atoms with Gasteiger partial charge in [0.15, 0.2) is 5.96 Å². The van der Waals surface area contributed by atoms with E-state index in [1.807, 2.05) is 13.1 Å². The van der Waals surface area contributed by atoms with Crippen LogP contribution in [0, 0.1) is 6.92 Å². The number of hydrogen-bond acceptors (Lipinski definition) is 3. The Bertz CT molecular complexity index is 723. The van der Waals surface area contributed by atoms with E-state index in [0.717, 1.165) is 56.4 Å². The van der Waals surface area contributed by atoms with Crippen LogP contribution >= 0.6 is 24.0 Å². The van der Waals surface area contributed by atoms with Crippen LogP contribution in [-0.4, -0.2) is 59.7 Å². The normalized spacial score (nSPS) is 12.9. The molecule has 28 heavy (non-hydrogen) atoms. The molecule has 1 aromatic heterocycles. The van der Waals surface area contributed by atoms with Crippen molar-refractivity contribution in [3.8, 4) is 0 Å². The number of para-hydroxylation sites is 2. The Labute approximate surface area is 187 Å². The molecule has 0 aliphatic rings. The number of halogens is 1. The standard InChI is InChI=1S/C21H36N6.HI/c1-6-26(7-2)15-10-11-17(3)24-21(22-5)23-14-16-27-18(4)25-19-12-8-9-13-20(19)27;/h8-9,12-13,17H,6-7,10-11,14-16H2,1-5H3,(H2,22,23,24);1H. The smallest absolute Gasteiger partial charge is 0.191 e. The number of aliphatic imine (C=N–C) groups is 1. The minimum absolute atomic E-state index is 0. The fourth-order valence-corrected chi connectivity index (χ4v) is 3.43. The van der Waals surface area contributed by atoms with Crippen LogP contribution in [0.3, 0.4) is 0 Å². The number of aryl methyl sites for hydroxylation is 1. The average molecular weight is 500 g/mol. The second-order valence-electron chi connectivity index (χ2n) is 7.01. The maximum absolute atomic E-state index is 4.63. The van der Waals surface area contributed by atoms with Crippen molar-refractivity contribution in [2.45, 2.75) is 53.1 Å². The van der Waals surface area contributed by atoms with Crippen LogP contribution in [0.25, 0.3) is 11.0 Å². The lowest BCUT2D eigenvalue weighted by Crippen LogP contribution is -2.43. The summed E-state index contributed by atoms with van der Waals surface area (Å²) in [4.78, 5) is 11.5. The van der Waals surface area contributed by atoms with Crippen LogP contribution in [0.1, 0.15) is 39.4 Å². The molecule has 0 radical (unpaired) electrons. The molecule has 0 aliphatic heterocycles. The summed E-state index contributed by atoms with van der Waals surface area (Å²) in [5.74, 6) is 1.91. The average Bonchev–Trinajstić information content (AvgIpc) is 2.99. The molecule has 158 valence electrons. The van der Waals surface area contributed by atoms with Gasteiger partial charge in [0.1, 0.15) is 5.82 Å². The molecule has 1 aromatic carbocycles. The summed E-state index contributed by atoms with van der Waals surface area (Å²) < 4.78 is 2.25. The summed E-state index contributed by atoms with van der Waals surface area (Å²) in [5, 5.41) is 6.94. The zero-order valence-electron chi connectivity index (χ0n) is 18.0. The highest BCUT2D eigenvalue weighted by atomic mass is 127. The Morgan fingerprint density at radius 1 is 1.25 bits per heavy atom. The van der Waals surface area contributed by atoms with E-state index in [1.165, 1.54) is 11.9 Å². The third-order valence-electron chi connectivity index (χ3n) is 5.09. The van der Waals surface area contributed by atoms with Gasteiger partial charge in [0, 0.05) is 26.2 Å². The molecule has 2 N–H and O–H groups in total. The highest BCUT2D eigenvalue weighted by molar-refractivity contribution is 14.0. The molecular formula is C21H37IN6. The predicted octanol–water partition coefficient (Wildman–Crippen LogP) is 3.64. The summed E-state index contributed by atoms with van der Waals surface area (Å²) in [6.45, 7) is 13.8. The Morgan fingerprint density at radius 3 is 2.64 bits per heavy atom. The lowest BCUT2D eigenvalue weighted by atomic mass is 10.2. The van der Waals surface area contributed by atoms with Crippen LogP contribution in [0.15, 0.2) is 29.3 Å². The van der Waals surface area contributed by atoms with Crippen molar-refractivity contribution in [2.24, 2.45) is 4.99 Å². The number of benzene rings is 1. The van der Waals surface area contributed by atoms with Crippen molar-refractivity contribution in [2.75, 3.05) is 33.2 Å². The van der Waals surface area contributed by atoms with Gasteiger partial charge >= 0.3 is 0 Å². The van der Waals surface area contributed by atoms with Gasteiger partial charge < -0.3 is 20.1 Å². The Kier molecular flexibility index (Phi) is 11.4. The van der Waals surface area contributed by atoms with Gasteiger partial charge in [0.2, 0.25) is 0 Å². The molecule has 0 saturated carbocycles. The number of aromatic nitrogens is 2. The molecule has 0 bridgehead atoms. The lowest BCUT2D eigenvalue weighted by molar-refractivity contribution is 0.292. The van der Waals surface area contributed by atoms with Crippen molar-refractivity contribution in [3.05, 3.63) is 30.1 Å². The quantitative estimate of drug-likeness (QED) is 0.297. The van der Waals surface area contributed by atoms with E-state index in [-0.39, 0.29) is 24.0 Å². The molecule has 0 amide bonds. The van der Waals surface area contributed by atoms with Crippen molar-refractivity contribution < 1.29 is 0 Å². The van der Waals surface area contributed by atoms with Gasteiger partial charge in [-0.1, -0.05) is 26.0 Å². The van der Waals surface area contributed by atoms with Crippen molar-refractivity contribution >= 4 is 41.0 Å². The number of hydrogen-bond donors (Lipinski definition) is 2. The number of fused-ring (bicyclic) bond motifs is 1. The van der Waals surface area contributed by atoms with E-state index >= 15 is 0 Å². The summed E-state index contributed by atoms with van der Waals surface area (Å²) >= 11 is 0. The SMILES string of the molecule is CCN(CC)CCCC(C)NC(=NC)NCCn1c(C)nc2ccccc21.I. The second kappa shape index (κ2) is 13.0. The molecular weight excluding hydrogens is 463 g/mol. The zero-order valence-corrected chi connectivity index (χ0v) is 20.4. The van der Waals surface area contributed by atoms with E-state index in [9.17, 15) is 0 Å². The highest BCUT2D eigenvalue weighted by Gasteiger charge is 2.08. The number of nitrogens with zero attached hydrogens (tertiary/aromatic N) is 4.